The van der Waals surface area contributed by atoms with E-state index in [9.17, 15) is 0 Å². The molecule has 2 nitrogen and oxygen atoms in total. The first-order valence-electron chi connectivity index (χ1n) is 16.2. The smallest absolute Gasteiger partial charge is 0.399 e. The van der Waals surface area contributed by atoms with Crippen LogP contribution in [0.2, 0.25) is 0 Å². The second-order valence-corrected chi connectivity index (χ2v) is 14.6. The summed E-state index contributed by atoms with van der Waals surface area (Å²) < 4.78 is 13.3. The first kappa shape index (κ1) is 25.4. The third-order valence-corrected chi connectivity index (χ3v) is 12.3. The average molecular weight is 571 g/mol. The van der Waals surface area contributed by atoms with Crippen LogP contribution in [0.1, 0.15) is 38.8 Å². The van der Waals surface area contributed by atoms with Gasteiger partial charge < -0.3 is 9.31 Å². The molecule has 10 rings (SSSR count). The number of benzene rings is 4. The average Bonchev–Trinajstić information content (AvgIpc) is 3.69. The summed E-state index contributed by atoms with van der Waals surface area (Å²) >= 11 is 0. The predicted molar refractivity (Wildman–Crippen MR) is 180 cm³/mol. The summed E-state index contributed by atoms with van der Waals surface area (Å²) in [6, 6.07) is 27.8. The number of fused-ring (bicyclic) bond motifs is 14. The molecule has 44 heavy (non-hydrogen) atoms. The monoisotopic (exact) mass is 570 g/mol. The largest absolute Gasteiger partial charge is 0.494 e. The fourth-order valence-electron chi connectivity index (χ4n) is 9.74. The number of hydrogen-bond acceptors (Lipinski definition) is 2. The van der Waals surface area contributed by atoms with E-state index >= 15 is 0 Å². The molecule has 0 amide bonds. The normalized spacial score (nSPS) is 30.4. The van der Waals surface area contributed by atoms with Gasteiger partial charge in [-0.2, -0.15) is 0 Å². The second-order valence-electron chi connectivity index (χ2n) is 14.6. The minimum absolute atomic E-state index is 0.208. The minimum atomic E-state index is -0.378. The van der Waals surface area contributed by atoms with Crippen LogP contribution in [0.5, 0.6) is 0 Å². The van der Waals surface area contributed by atoms with E-state index in [1.807, 2.05) is 0 Å². The molecule has 0 bridgehead atoms. The Labute approximate surface area is 259 Å². The molecule has 0 N–H and O–H groups in total. The van der Waals surface area contributed by atoms with Crippen LogP contribution in [0, 0.1) is 23.7 Å². The lowest BCUT2D eigenvalue weighted by molar-refractivity contribution is 0.00578. The summed E-state index contributed by atoms with van der Waals surface area (Å²) in [6.45, 7) is 8.59. The maximum atomic E-state index is 6.63. The third kappa shape index (κ3) is 2.87. The highest BCUT2D eigenvalue weighted by molar-refractivity contribution is 6.55. The molecule has 1 spiro atoms. The van der Waals surface area contributed by atoms with E-state index in [1.54, 1.807) is 0 Å². The van der Waals surface area contributed by atoms with Crippen LogP contribution in [-0.4, -0.2) is 18.3 Å². The van der Waals surface area contributed by atoms with Crippen molar-refractivity contribution in [3.8, 4) is 33.4 Å². The Bertz CT molecular complexity index is 2060. The SMILES string of the molecule is CC1(C)OB(C2=CC3C(C=C2)C2C=CC=CC2C32c3ccccc3-c3c2cc2c4c(cccc34)-c3ccccc3-2)OC1(C)C. The molecule has 6 aliphatic rings. The quantitative estimate of drug-likeness (QED) is 0.187. The lowest BCUT2D eigenvalue weighted by Crippen LogP contribution is -2.41. The van der Waals surface area contributed by atoms with Crippen molar-refractivity contribution in [2.24, 2.45) is 23.7 Å². The summed E-state index contributed by atoms with van der Waals surface area (Å²) in [4.78, 5) is 0. The molecule has 4 aromatic rings. The Morgan fingerprint density at radius 1 is 0.614 bits per heavy atom. The summed E-state index contributed by atoms with van der Waals surface area (Å²) in [5.41, 5.74) is 11.4. The first-order valence-corrected chi connectivity index (χ1v) is 16.2. The van der Waals surface area contributed by atoms with Gasteiger partial charge in [0.15, 0.2) is 0 Å². The van der Waals surface area contributed by atoms with Gasteiger partial charge in [-0.05, 0) is 118 Å². The van der Waals surface area contributed by atoms with Crippen LogP contribution in [0.3, 0.4) is 0 Å². The molecule has 5 aliphatic carbocycles. The minimum Gasteiger partial charge on any atom is -0.399 e. The highest BCUT2D eigenvalue weighted by Crippen LogP contribution is 2.69. The van der Waals surface area contributed by atoms with Gasteiger partial charge in [-0.25, -0.2) is 0 Å². The molecular formula is C41H35BO2. The Morgan fingerprint density at radius 3 is 2.07 bits per heavy atom. The lowest BCUT2D eigenvalue weighted by Gasteiger charge is -2.39. The molecule has 2 fully saturated rings. The van der Waals surface area contributed by atoms with E-state index in [-0.39, 0.29) is 29.7 Å². The topological polar surface area (TPSA) is 18.5 Å². The van der Waals surface area contributed by atoms with Crippen molar-refractivity contribution in [1.82, 2.24) is 0 Å². The van der Waals surface area contributed by atoms with Crippen molar-refractivity contribution >= 4 is 17.9 Å². The van der Waals surface area contributed by atoms with Gasteiger partial charge in [0.25, 0.3) is 0 Å². The van der Waals surface area contributed by atoms with Gasteiger partial charge in [-0.1, -0.05) is 109 Å². The van der Waals surface area contributed by atoms with Gasteiger partial charge in [0, 0.05) is 5.41 Å². The fourth-order valence-corrected chi connectivity index (χ4v) is 9.74. The maximum absolute atomic E-state index is 6.63. The zero-order valence-corrected chi connectivity index (χ0v) is 25.7. The van der Waals surface area contributed by atoms with Gasteiger partial charge in [0.05, 0.1) is 11.2 Å². The van der Waals surface area contributed by atoms with E-state index in [1.165, 1.54) is 55.3 Å². The standard InChI is InChI=1S/C41H35BO2/c1-39(2)40(3,4)44-42(43-39)24-20-21-28-27-14-7-9-18-33(27)41(35(28)22-24)34-19-10-8-15-30(34)38-31-17-11-16-29-25-12-5-6-13-26(25)32(37(29)31)23-36(38)41/h5-23,27-28,33,35H,1-4H3. The molecule has 1 heterocycles. The van der Waals surface area contributed by atoms with E-state index in [2.05, 4.69) is 143 Å². The summed E-state index contributed by atoms with van der Waals surface area (Å²) in [6.07, 6.45) is 16.9. The van der Waals surface area contributed by atoms with E-state index in [0.29, 0.717) is 17.8 Å². The highest BCUT2D eigenvalue weighted by atomic mass is 16.7. The van der Waals surface area contributed by atoms with Crippen molar-refractivity contribution in [2.45, 2.75) is 44.3 Å². The van der Waals surface area contributed by atoms with Crippen LogP contribution < -0.4 is 0 Å². The first-order chi connectivity index (χ1) is 21.3. The van der Waals surface area contributed by atoms with Crippen molar-refractivity contribution in [2.75, 3.05) is 0 Å². The Balaban J connectivity index is 1.27. The second kappa shape index (κ2) is 8.21. The molecule has 3 heteroatoms. The summed E-state index contributed by atoms with van der Waals surface area (Å²) in [5, 5.41) is 2.79. The number of allylic oxidation sites excluding steroid dienone is 8. The van der Waals surface area contributed by atoms with E-state index < -0.39 is 0 Å². The molecule has 1 saturated carbocycles. The van der Waals surface area contributed by atoms with Crippen LogP contribution >= 0.6 is 0 Å². The van der Waals surface area contributed by atoms with Crippen molar-refractivity contribution in [3.63, 3.8) is 0 Å². The molecule has 5 unspecified atom stereocenters. The lowest BCUT2D eigenvalue weighted by atomic mass is 9.61. The predicted octanol–water partition coefficient (Wildman–Crippen LogP) is 9.49. The van der Waals surface area contributed by atoms with E-state index in [4.69, 9.17) is 9.31 Å². The van der Waals surface area contributed by atoms with Gasteiger partial charge in [-0.15, -0.1) is 0 Å². The zero-order chi connectivity index (χ0) is 29.6. The fraction of sp³-hybridized carbons (Fsp3) is 0.268. The van der Waals surface area contributed by atoms with Gasteiger partial charge >= 0.3 is 7.12 Å². The highest BCUT2D eigenvalue weighted by Gasteiger charge is 2.64. The number of hydrogen-bond donors (Lipinski definition) is 0. The Kier molecular flexibility index (Phi) is 4.74. The van der Waals surface area contributed by atoms with Crippen molar-refractivity contribution in [1.29, 1.82) is 0 Å². The molecule has 0 radical (unpaired) electrons. The van der Waals surface area contributed by atoms with Gasteiger partial charge in [0.2, 0.25) is 0 Å². The molecule has 1 saturated heterocycles. The van der Waals surface area contributed by atoms with Gasteiger partial charge in [-0.3, -0.25) is 0 Å². The van der Waals surface area contributed by atoms with Crippen LogP contribution in [0.25, 0.3) is 44.2 Å². The van der Waals surface area contributed by atoms with E-state index in [0.717, 1.165) is 5.47 Å². The Morgan fingerprint density at radius 2 is 1.27 bits per heavy atom. The molecule has 1 aliphatic heterocycles. The maximum Gasteiger partial charge on any atom is 0.494 e. The van der Waals surface area contributed by atoms with Crippen LogP contribution in [-0.2, 0) is 14.7 Å². The molecule has 0 aromatic heterocycles. The zero-order valence-electron chi connectivity index (χ0n) is 25.7. The Hall–Kier alpha value is -3.92. The summed E-state index contributed by atoms with van der Waals surface area (Å²) in [5.74, 6) is 1.40. The molecule has 5 atom stereocenters. The van der Waals surface area contributed by atoms with Gasteiger partial charge in [0.1, 0.15) is 0 Å². The van der Waals surface area contributed by atoms with Crippen molar-refractivity contribution < 1.29 is 9.31 Å². The van der Waals surface area contributed by atoms with Crippen molar-refractivity contribution in [3.05, 3.63) is 132 Å². The van der Waals surface area contributed by atoms with Crippen LogP contribution in [0.15, 0.2) is 121 Å². The summed E-state index contributed by atoms with van der Waals surface area (Å²) in [7, 11) is -0.372. The number of rotatable bonds is 1. The third-order valence-electron chi connectivity index (χ3n) is 12.3. The molecular weight excluding hydrogens is 535 g/mol. The molecule has 4 aromatic carbocycles. The molecule has 214 valence electrons. The van der Waals surface area contributed by atoms with Crippen LogP contribution in [0.4, 0.5) is 0 Å².